The highest BCUT2D eigenvalue weighted by molar-refractivity contribution is 7.50. The van der Waals surface area contributed by atoms with Crippen molar-refractivity contribution in [3.63, 3.8) is 0 Å². The van der Waals surface area contributed by atoms with Crippen LogP contribution in [0.1, 0.15) is 47.2 Å². The third-order valence-electron chi connectivity index (χ3n) is 4.17. The van der Waals surface area contributed by atoms with Crippen molar-refractivity contribution in [1.29, 1.82) is 0 Å². The van der Waals surface area contributed by atoms with E-state index < -0.39 is 15.9 Å². The number of hydrogen-bond acceptors (Lipinski definition) is 3. The first kappa shape index (κ1) is 19.4. The van der Waals surface area contributed by atoms with Crippen LogP contribution >= 0.6 is 7.60 Å². The van der Waals surface area contributed by atoms with Crippen molar-refractivity contribution in [2.75, 3.05) is 0 Å². The number of pyridine rings is 1. The molecule has 7 heteroatoms. The van der Waals surface area contributed by atoms with Crippen molar-refractivity contribution in [2.24, 2.45) is 0 Å². The number of nitrogens with zero attached hydrogens (tertiary/aromatic N) is 1. The third-order valence-corrected chi connectivity index (χ3v) is 10.9. The highest BCUT2D eigenvalue weighted by Gasteiger charge is 2.47. The van der Waals surface area contributed by atoms with Gasteiger partial charge in [0, 0.05) is 0 Å². The summed E-state index contributed by atoms with van der Waals surface area (Å²) in [6.45, 7) is 13.3. The van der Waals surface area contributed by atoms with Crippen LogP contribution in [0, 0.1) is 0 Å². The maximum atomic E-state index is 11.0. The second kappa shape index (κ2) is 7.26. The highest BCUT2D eigenvalue weighted by atomic mass is 31.2. The van der Waals surface area contributed by atoms with Gasteiger partial charge >= 0.3 is 7.60 Å². The second-order valence-corrected chi connectivity index (χ2v) is 13.7. The first-order valence-electron chi connectivity index (χ1n) is 7.67. The van der Waals surface area contributed by atoms with Crippen LogP contribution in [0.5, 0.6) is 5.75 Å². The number of rotatable bonds is 7. The van der Waals surface area contributed by atoms with E-state index in [1.54, 1.807) is 18.3 Å². The molecular formula is C15H28NO4PSi. The minimum Gasteiger partial charge on any atom is -0.542 e. The Morgan fingerprint density at radius 2 is 1.59 bits per heavy atom. The molecule has 0 atom stereocenters. The van der Waals surface area contributed by atoms with Gasteiger partial charge in [-0.15, -0.1) is 0 Å². The molecule has 0 spiro atoms. The first-order valence-corrected chi connectivity index (χ1v) is 11.6. The van der Waals surface area contributed by atoms with Gasteiger partial charge in [0.25, 0.3) is 8.32 Å². The van der Waals surface area contributed by atoms with Gasteiger partial charge in [0.15, 0.2) is 0 Å². The lowest BCUT2D eigenvalue weighted by molar-refractivity contribution is 0.371. The van der Waals surface area contributed by atoms with Gasteiger partial charge in [0.2, 0.25) is 0 Å². The molecule has 0 aliphatic rings. The Morgan fingerprint density at radius 3 is 1.91 bits per heavy atom. The minimum absolute atomic E-state index is 0.339. The molecular weight excluding hydrogens is 317 g/mol. The molecule has 126 valence electrons. The Morgan fingerprint density at radius 1 is 1.09 bits per heavy atom. The van der Waals surface area contributed by atoms with Crippen LogP contribution in [0.15, 0.2) is 18.3 Å². The van der Waals surface area contributed by atoms with E-state index in [9.17, 15) is 4.57 Å². The van der Waals surface area contributed by atoms with E-state index in [4.69, 9.17) is 14.2 Å². The van der Waals surface area contributed by atoms with E-state index >= 15 is 0 Å². The summed E-state index contributed by atoms with van der Waals surface area (Å²) in [5, 5.41) is 0. The normalized spacial score (nSPS) is 13.2. The molecule has 0 unspecified atom stereocenters. The van der Waals surface area contributed by atoms with Gasteiger partial charge in [-0.1, -0.05) is 41.5 Å². The van der Waals surface area contributed by atoms with Crippen molar-refractivity contribution in [1.82, 2.24) is 4.98 Å². The van der Waals surface area contributed by atoms with E-state index in [1.807, 2.05) is 0 Å². The molecule has 1 aromatic heterocycles. The summed E-state index contributed by atoms with van der Waals surface area (Å²) in [5.74, 6) is 0.692. The molecule has 22 heavy (non-hydrogen) atoms. The monoisotopic (exact) mass is 345 g/mol. The smallest absolute Gasteiger partial charge is 0.331 e. The molecule has 0 aliphatic heterocycles. The molecule has 1 heterocycles. The van der Waals surface area contributed by atoms with Crippen molar-refractivity contribution in [2.45, 2.75) is 64.3 Å². The first-order chi connectivity index (χ1) is 9.99. The summed E-state index contributed by atoms with van der Waals surface area (Å²) < 4.78 is 17.5. The van der Waals surface area contributed by atoms with Crippen molar-refractivity contribution in [3.8, 4) is 5.75 Å². The summed E-state index contributed by atoms with van der Waals surface area (Å²) >= 11 is 0. The molecule has 0 saturated heterocycles. The Hall–Kier alpha value is -0.683. The third kappa shape index (κ3) is 4.65. The standard InChI is InChI=1S/C15H28NO4PSi/c1-11(2)22(12(3)4,13(5)6)20-15-8-7-14(16-9-15)10-21(17,18)19/h7-9,11-13H,10H2,1-6H3,(H2,17,18,19). The molecule has 1 rings (SSSR count). The zero-order chi connectivity index (χ0) is 17.1. The molecule has 0 radical (unpaired) electrons. The summed E-state index contributed by atoms with van der Waals surface area (Å²) in [5.41, 5.74) is 1.76. The van der Waals surface area contributed by atoms with Gasteiger partial charge in [-0.25, -0.2) is 0 Å². The van der Waals surface area contributed by atoms with Crippen LogP contribution in [0.3, 0.4) is 0 Å². The Kier molecular flexibility index (Phi) is 6.39. The fraction of sp³-hybridized carbons (Fsp3) is 0.667. The van der Waals surface area contributed by atoms with Crippen molar-refractivity contribution >= 4 is 15.9 Å². The van der Waals surface area contributed by atoms with Crippen LogP contribution in [0.25, 0.3) is 0 Å². The zero-order valence-corrected chi connectivity index (χ0v) is 16.2. The molecule has 0 bridgehead atoms. The molecule has 5 nitrogen and oxygen atoms in total. The maximum absolute atomic E-state index is 11.0. The molecule has 0 saturated carbocycles. The predicted molar refractivity (Wildman–Crippen MR) is 91.7 cm³/mol. The summed E-state index contributed by atoms with van der Waals surface area (Å²) in [7, 11) is -6.11. The average Bonchev–Trinajstić information content (AvgIpc) is 2.34. The molecule has 0 fully saturated rings. The van der Waals surface area contributed by atoms with Gasteiger partial charge in [-0.3, -0.25) is 9.55 Å². The van der Waals surface area contributed by atoms with E-state index in [0.717, 1.165) is 0 Å². The van der Waals surface area contributed by atoms with Gasteiger partial charge in [-0.2, -0.15) is 0 Å². The fourth-order valence-corrected chi connectivity index (χ4v) is 9.18. The lowest BCUT2D eigenvalue weighted by Crippen LogP contribution is -2.50. The van der Waals surface area contributed by atoms with Crippen LogP contribution in [-0.4, -0.2) is 23.1 Å². The van der Waals surface area contributed by atoms with Crippen LogP contribution in [-0.2, 0) is 10.7 Å². The largest absolute Gasteiger partial charge is 0.542 e. The van der Waals surface area contributed by atoms with Gasteiger partial charge in [-0.05, 0) is 28.8 Å². The van der Waals surface area contributed by atoms with Crippen LogP contribution < -0.4 is 4.43 Å². The molecule has 1 aromatic rings. The van der Waals surface area contributed by atoms with E-state index in [-0.39, 0.29) is 6.16 Å². The van der Waals surface area contributed by atoms with E-state index in [2.05, 4.69) is 46.5 Å². The summed E-state index contributed by atoms with van der Waals surface area (Å²) in [4.78, 5) is 22.1. The van der Waals surface area contributed by atoms with Crippen molar-refractivity contribution < 1.29 is 18.8 Å². The summed E-state index contributed by atoms with van der Waals surface area (Å²) in [6, 6.07) is 3.40. The average molecular weight is 345 g/mol. The van der Waals surface area contributed by atoms with E-state index in [1.165, 1.54) is 0 Å². The Bertz CT molecular complexity index is 503. The number of aromatic nitrogens is 1. The Balaban J connectivity index is 3.03. The quantitative estimate of drug-likeness (QED) is 0.568. The zero-order valence-electron chi connectivity index (χ0n) is 14.3. The Labute approximate surface area is 134 Å². The van der Waals surface area contributed by atoms with Crippen LogP contribution in [0.4, 0.5) is 0 Å². The van der Waals surface area contributed by atoms with Crippen LogP contribution in [0.2, 0.25) is 16.6 Å². The van der Waals surface area contributed by atoms with Gasteiger partial charge < -0.3 is 14.2 Å². The number of hydrogen-bond donors (Lipinski definition) is 2. The SMILES string of the molecule is CC(C)[Si](Oc1ccc(CP(=O)(O)O)nc1)(C(C)C)C(C)C. The molecule has 2 N–H and O–H groups in total. The molecule has 0 aliphatic carbocycles. The molecule has 0 aromatic carbocycles. The second-order valence-electron chi connectivity index (χ2n) is 6.73. The predicted octanol–water partition coefficient (Wildman–Crippen LogP) is 4.31. The van der Waals surface area contributed by atoms with E-state index in [0.29, 0.717) is 28.1 Å². The minimum atomic E-state index is -4.09. The maximum Gasteiger partial charge on any atom is 0.331 e. The van der Waals surface area contributed by atoms with Crippen molar-refractivity contribution in [3.05, 3.63) is 24.0 Å². The lowest BCUT2D eigenvalue weighted by Gasteiger charge is -2.42. The topological polar surface area (TPSA) is 79.7 Å². The molecule has 0 amide bonds. The lowest BCUT2D eigenvalue weighted by atomic mass is 10.4. The van der Waals surface area contributed by atoms with Gasteiger partial charge in [0.05, 0.1) is 18.1 Å². The van der Waals surface area contributed by atoms with Gasteiger partial charge in [0.1, 0.15) is 5.75 Å². The summed E-state index contributed by atoms with van der Waals surface area (Å²) in [6.07, 6.45) is 1.24. The fourth-order valence-electron chi connectivity index (χ4n) is 3.33. The highest BCUT2D eigenvalue weighted by Crippen LogP contribution is 2.43.